The Morgan fingerprint density at radius 2 is 2.19 bits per heavy atom. The smallest absolute Gasteiger partial charge is 0.328 e. The average Bonchev–Trinajstić information content (AvgIpc) is 2.95. The zero-order chi connectivity index (χ0) is 15.5. The Kier molecular flexibility index (Phi) is 4.76. The fraction of sp³-hybridized carbons (Fsp3) is 0.357. The number of hydrogen-bond acceptors (Lipinski definition) is 4. The Bertz CT molecular complexity index is 653. The van der Waals surface area contributed by atoms with Crippen LogP contribution in [0.3, 0.4) is 0 Å². The van der Waals surface area contributed by atoms with E-state index in [-0.39, 0.29) is 17.4 Å². The summed E-state index contributed by atoms with van der Waals surface area (Å²) < 4.78 is 26.3. The molecule has 0 radical (unpaired) electrons. The summed E-state index contributed by atoms with van der Waals surface area (Å²) in [6.07, 6.45) is 2.96. The summed E-state index contributed by atoms with van der Waals surface area (Å²) in [6.45, 7) is 0.685. The van der Waals surface area contributed by atoms with Crippen molar-refractivity contribution < 1.29 is 23.4 Å². The van der Waals surface area contributed by atoms with Gasteiger partial charge in [-0.25, -0.2) is 13.2 Å². The van der Waals surface area contributed by atoms with Crippen LogP contribution >= 0.6 is 0 Å². The van der Waals surface area contributed by atoms with Crippen molar-refractivity contribution in [3.63, 3.8) is 0 Å². The lowest BCUT2D eigenvalue weighted by molar-refractivity contribution is -0.131. The molecule has 1 aromatic carbocycles. The summed E-state index contributed by atoms with van der Waals surface area (Å²) in [5, 5.41) is 17.7. The van der Waals surface area contributed by atoms with E-state index in [1.807, 2.05) is 0 Å². The molecule has 1 aromatic rings. The number of carbonyl (C=O) groups is 1. The van der Waals surface area contributed by atoms with Crippen molar-refractivity contribution in [3.05, 3.63) is 35.9 Å². The molecule has 0 saturated carbocycles. The Labute approximate surface area is 123 Å². The number of aliphatic hydroxyl groups is 1. The van der Waals surface area contributed by atoms with Gasteiger partial charge in [0.05, 0.1) is 4.90 Å². The number of hydrogen-bond donors (Lipinski definition) is 2. The third-order valence-corrected chi connectivity index (χ3v) is 5.28. The highest BCUT2D eigenvalue weighted by molar-refractivity contribution is 7.89. The molecule has 6 nitrogen and oxygen atoms in total. The van der Waals surface area contributed by atoms with E-state index in [9.17, 15) is 13.2 Å². The second kappa shape index (κ2) is 6.38. The van der Waals surface area contributed by atoms with E-state index in [0.717, 1.165) is 6.08 Å². The first-order valence-electron chi connectivity index (χ1n) is 6.55. The molecule has 0 bridgehead atoms. The number of sulfonamides is 1. The zero-order valence-corrected chi connectivity index (χ0v) is 12.2. The highest BCUT2D eigenvalue weighted by Crippen LogP contribution is 2.24. The van der Waals surface area contributed by atoms with Crippen molar-refractivity contribution in [2.45, 2.75) is 11.3 Å². The molecular weight excluding hydrogens is 294 g/mol. The number of carboxylic acids is 1. The van der Waals surface area contributed by atoms with Gasteiger partial charge in [0, 0.05) is 25.8 Å². The lowest BCUT2D eigenvalue weighted by Crippen LogP contribution is -2.29. The molecule has 1 saturated heterocycles. The normalized spacial score (nSPS) is 20.1. The van der Waals surface area contributed by atoms with Gasteiger partial charge in [-0.3, -0.25) is 0 Å². The van der Waals surface area contributed by atoms with Crippen LogP contribution in [0.1, 0.15) is 12.0 Å². The van der Waals surface area contributed by atoms with Crippen LogP contribution in [0.4, 0.5) is 0 Å². The van der Waals surface area contributed by atoms with E-state index in [2.05, 4.69) is 0 Å². The Hall–Kier alpha value is -1.70. The standard InChI is InChI=1S/C14H17NO5S/c16-10-12-6-7-15(9-12)21(19,20)13-3-1-2-11(8-13)4-5-14(17)18/h1-5,8,12,16H,6-7,9-10H2,(H,17,18)/b5-4+. The van der Waals surface area contributed by atoms with Crippen molar-refractivity contribution >= 4 is 22.1 Å². The van der Waals surface area contributed by atoms with Crippen LogP contribution in [0.5, 0.6) is 0 Å². The fourth-order valence-electron chi connectivity index (χ4n) is 2.26. The van der Waals surface area contributed by atoms with Gasteiger partial charge in [0.2, 0.25) is 10.0 Å². The molecule has 1 atom stereocenters. The van der Waals surface area contributed by atoms with Crippen LogP contribution in [-0.2, 0) is 14.8 Å². The number of nitrogens with zero attached hydrogens (tertiary/aromatic N) is 1. The van der Waals surface area contributed by atoms with Crippen molar-refractivity contribution in [1.29, 1.82) is 0 Å². The van der Waals surface area contributed by atoms with Crippen molar-refractivity contribution in [2.24, 2.45) is 5.92 Å². The Morgan fingerprint density at radius 3 is 2.81 bits per heavy atom. The fourth-order valence-corrected chi connectivity index (χ4v) is 3.85. The number of carboxylic acid groups (broad SMARTS) is 1. The lowest BCUT2D eigenvalue weighted by Gasteiger charge is -2.16. The predicted molar refractivity (Wildman–Crippen MR) is 77.1 cm³/mol. The van der Waals surface area contributed by atoms with Gasteiger partial charge in [0.1, 0.15) is 0 Å². The molecule has 0 spiro atoms. The first-order chi connectivity index (χ1) is 9.93. The van der Waals surface area contributed by atoms with E-state index in [4.69, 9.17) is 10.2 Å². The molecule has 0 aromatic heterocycles. The molecule has 2 rings (SSSR count). The van der Waals surface area contributed by atoms with Crippen LogP contribution in [0.2, 0.25) is 0 Å². The molecule has 1 unspecified atom stereocenters. The van der Waals surface area contributed by atoms with Gasteiger partial charge in [-0.05, 0) is 36.1 Å². The van der Waals surface area contributed by atoms with Gasteiger partial charge in [-0.2, -0.15) is 4.31 Å². The second-order valence-corrected chi connectivity index (χ2v) is 6.88. The summed E-state index contributed by atoms with van der Waals surface area (Å²) in [5.74, 6) is -1.11. The molecule has 0 aliphatic carbocycles. The second-order valence-electron chi connectivity index (χ2n) is 4.94. The summed E-state index contributed by atoms with van der Waals surface area (Å²) in [5.41, 5.74) is 0.511. The Morgan fingerprint density at radius 1 is 1.43 bits per heavy atom. The maximum Gasteiger partial charge on any atom is 0.328 e. The molecule has 2 N–H and O–H groups in total. The number of aliphatic hydroxyl groups excluding tert-OH is 1. The summed E-state index contributed by atoms with van der Waals surface area (Å²) in [4.78, 5) is 10.6. The average molecular weight is 311 g/mol. The van der Waals surface area contributed by atoms with Crippen LogP contribution in [0, 0.1) is 5.92 Å². The van der Waals surface area contributed by atoms with Crippen molar-refractivity contribution in [2.75, 3.05) is 19.7 Å². The number of benzene rings is 1. The number of rotatable bonds is 5. The zero-order valence-electron chi connectivity index (χ0n) is 11.3. The SMILES string of the molecule is O=C(O)/C=C/c1cccc(S(=O)(=O)N2CCC(CO)C2)c1. The maximum absolute atomic E-state index is 12.5. The molecule has 1 aliphatic rings. The Balaban J connectivity index is 2.24. The first-order valence-corrected chi connectivity index (χ1v) is 7.99. The van der Waals surface area contributed by atoms with Crippen LogP contribution in [0.15, 0.2) is 35.2 Å². The summed E-state index contributed by atoms with van der Waals surface area (Å²) in [6, 6.07) is 6.15. The van der Waals surface area contributed by atoms with E-state index in [1.54, 1.807) is 12.1 Å². The van der Waals surface area contributed by atoms with Crippen molar-refractivity contribution in [3.8, 4) is 0 Å². The minimum atomic E-state index is -3.60. The monoisotopic (exact) mass is 311 g/mol. The minimum Gasteiger partial charge on any atom is -0.478 e. The van der Waals surface area contributed by atoms with Crippen molar-refractivity contribution in [1.82, 2.24) is 4.31 Å². The largest absolute Gasteiger partial charge is 0.478 e. The first kappa shape index (κ1) is 15.7. The van der Waals surface area contributed by atoms with Crippen LogP contribution in [0.25, 0.3) is 6.08 Å². The topological polar surface area (TPSA) is 94.9 Å². The van der Waals surface area contributed by atoms with E-state index in [0.29, 0.717) is 25.1 Å². The maximum atomic E-state index is 12.5. The third kappa shape index (κ3) is 3.69. The van der Waals surface area contributed by atoms with Gasteiger partial charge in [-0.1, -0.05) is 12.1 Å². The predicted octanol–water partition coefficient (Wildman–Crippen LogP) is 0.787. The summed E-state index contributed by atoms with van der Waals surface area (Å²) in [7, 11) is -3.60. The molecule has 0 amide bonds. The van der Waals surface area contributed by atoms with Gasteiger partial charge >= 0.3 is 5.97 Å². The highest BCUT2D eigenvalue weighted by Gasteiger charge is 2.32. The van der Waals surface area contributed by atoms with Gasteiger partial charge in [0.15, 0.2) is 0 Å². The molecule has 21 heavy (non-hydrogen) atoms. The molecule has 114 valence electrons. The van der Waals surface area contributed by atoms with Gasteiger partial charge in [0.25, 0.3) is 0 Å². The quantitative estimate of drug-likeness (QED) is 0.784. The molecule has 1 fully saturated rings. The third-order valence-electron chi connectivity index (χ3n) is 3.42. The van der Waals surface area contributed by atoms with Crippen LogP contribution < -0.4 is 0 Å². The minimum absolute atomic E-state index is 0.0186. The highest BCUT2D eigenvalue weighted by atomic mass is 32.2. The molecular formula is C14H17NO5S. The van der Waals surface area contributed by atoms with Gasteiger partial charge < -0.3 is 10.2 Å². The van der Waals surface area contributed by atoms with E-state index < -0.39 is 16.0 Å². The molecule has 1 heterocycles. The van der Waals surface area contributed by atoms with Gasteiger partial charge in [-0.15, -0.1) is 0 Å². The van der Waals surface area contributed by atoms with E-state index in [1.165, 1.54) is 22.5 Å². The molecule has 7 heteroatoms. The van der Waals surface area contributed by atoms with Crippen LogP contribution in [-0.4, -0.2) is 48.6 Å². The molecule has 1 aliphatic heterocycles. The lowest BCUT2D eigenvalue weighted by atomic mass is 10.1. The summed E-state index contributed by atoms with van der Waals surface area (Å²) >= 11 is 0. The number of aliphatic carboxylic acids is 1. The van der Waals surface area contributed by atoms with E-state index >= 15 is 0 Å².